The summed E-state index contributed by atoms with van der Waals surface area (Å²) in [6.07, 6.45) is 0.807. The number of carboxylic acid groups (broad SMARTS) is 1. The van der Waals surface area contributed by atoms with Gasteiger partial charge in [-0.15, -0.1) is 0 Å². The number of methoxy groups -OCH3 is 3. The molecule has 1 aliphatic carbocycles. The molecule has 0 saturated carbocycles. The summed E-state index contributed by atoms with van der Waals surface area (Å²) in [5, 5.41) is 18.9. The summed E-state index contributed by atoms with van der Waals surface area (Å²) < 4.78 is 18.3. The Morgan fingerprint density at radius 3 is 2.28 bits per heavy atom. The Morgan fingerprint density at radius 2 is 1.65 bits per heavy atom. The monoisotopic (exact) mass is 599 g/mol. The molecule has 2 unspecified atom stereocenters. The summed E-state index contributed by atoms with van der Waals surface area (Å²) in [6.45, 7) is 1.88. The van der Waals surface area contributed by atoms with Crippen molar-refractivity contribution in [2.45, 2.75) is 31.6 Å². The van der Waals surface area contributed by atoms with Crippen molar-refractivity contribution < 1.29 is 28.9 Å². The number of allylic oxidation sites excluding steroid dienone is 2. The van der Waals surface area contributed by atoms with Gasteiger partial charge in [0.1, 0.15) is 5.82 Å². The number of ketones is 1. The van der Waals surface area contributed by atoms with E-state index in [2.05, 4.69) is 5.32 Å². The van der Waals surface area contributed by atoms with E-state index < -0.39 is 11.9 Å². The predicted octanol–water partition coefficient (Wildman–Crippen LogP) is 6.52. The molecule has 2 heterocycles. The molecule has 1 aromatic heterocycles. The molecule has 2 aliphatic rings. The van der Waals surface area contributed by atoms with E-state index in [0.29, 0.717) is 51.5 Å². The lowest BCUT2D eigenvalue weighted by molar-refractivity contribution is -0.116. The van der Waals surface area contributed by atoms with Gasteiger partial charge in [0.05, 0.1) is 38.3 Å². The number of ether oxygens (including phenoxy) is 3. The van der Waals surface area contributed by atoms with Crippen LogP contribution in [0, 0.1) is 6.92 Å². The molecule has 0 bridgehead atoms. The highest BCUT2D eigenvalue weighted by atomic mass is 35.5. The summed E-state index contributed by atoms with van der Waals surface area (Å²) in [5.41, 5.74) is 5.26. The van der Waals surface area contributed by atoms with Gasteiger partial charge in [-0.05, 0) is 66.8 Å². The van der Waals surface area contributed by atoms with E-state index in [1.165, 1.54) is 0 Å². The van der Waals surface area contributed by atoms with Crippen LogP contribution >= 0.6 is 11.6 Å². The normalized spacial score (nSPS) is 17.6. The van der Waals surface area contributed by atoms with Crippen molar-refractivity contribution in [3.05, 3.63) is 105 Å². The molecule has 2 atom stereocenters. The van der Waals surface area contributed by atoms with Crippen LogP contribution < -0.4 is 19.5 Å². The van der Waals surface area contributed by atoms with Gasteiger partial charge in [0.2, 0.25) is 5.75 Å². The highest BCUT2D eigenvalue weighted by molar-refractivity contribution is 6.30. The van der Waals surface area contributed by atoms with Crippen molar-refractivity contribution >= 4 is 29.2 Å². The average Bonchev–Trinajstić information content (AvgIpc) is 3.34. The number of rotatable bonds is 7. The average molecular weight is 600 g/mol. The lowest BCUT2D eigenvalue weighted by Crippen LogP contribution is -2.30. The summed E-state index contributed by atoms with van der Waals surface area (Å²) in [6, 6.07) is 18.0. The molecule has 2 N–H and O–H groups in total. The number of halogens is 1. The Kier molecular flexibility index (Phi) is 7.35. The van der Waals surface area contributed by atoms with Crippen LogP contribution in [-0.2, 0) is 4.79 Å². The summed E-state index contributed by atoms with van der Waals surface area (Å²) in [4.78, 5) is 26.3. The largest absolute Gasteiger partial charge is 0.493 e. The molecule has 0 fully saturated rings. The predicted molar refractivity (Wildman–Crippen MR) is 162 cm³/mol. The first-order valence-corrected chi connectivity index (χ1v) is 14.1. The van der Waals surface area contributed by atoms with Crippen molar-refractivity contribution in [3.63, 3.8) is 0 Å². The molecule has 9 nitrogen and oxygen atoms in total. The zero-order chi connectivity index (χ0) is 30.4. The SMILES string of the molecule is COc1cc(C2CC(=O)C3=C(C2)Nc2c(c(C)nn2-c2ccccc2C(=O)O)C3c2ccc(Cl)cc2)cc(OC)c1OC. The molecule has 4 aromatic rings. The molecule has 43 heavy (non-hydrogen) atoms. The van der Waals surface area contributed by atoms with Crippen LogP contribution in [0.4, 0.5) is 5.82 Å². The maximum absolute atomic E-state index is 14.1. The third-order valence-corrected chi connectivity index (χ3v) is 8.44. The quantitative estimate of drug-likeness (QED) is 0.247. The van der Waals surface area contributed by atoms with E-state index in [-0.39, 0.29) is 23.7 Å². The number of aromatic carboxylic acids is 1. The van der Waals surface area contributed by atoms with E-state index in [4.69, 9.17) is 30.9 Å². The lowest BCUT2D eigenvalue weighted by Gasteiger charge is -2.36. The molecule has 0 saturated heterocycles. The van der Waals surface area contributed by atoms with Gasteiger partial charge in [0.25, 0.3) is 0 Å². The number of aryl methyl sites for hydroxylation is 1. The fourth-order valence-electron chi connectivity index (χ4n) is 6.25. The number of nitrogens with one attached hydrogen (secondary N) is 1. The smallest absolute Gasteiger partial charge is 0.337 e. The standard InChI is InChI=1S/C33H30ClN3O6/c1-17-28-29(18-9-11-21(34)12-10-18)30-23(35-32(28)37(36-17)24-8-6-5-7-22(24)33(39)40)13-19(14-25(30)38)20-15-26(41-2)31(43-4)27(16-20)42-3/h5-12,15-16,19,29,35H,13-14H2,1-4H3,(H,39,40). The number of hydrogen-bond acceptors (Lipinski definition) is 7. The topological polar surface area (TPSA) is 112 Å². The molecule has 3 aromatic carbocycles. The molecule has 0 amide bonds. The number of fused-ring (bicyclic) bond motifs is 1. The van der Waals surface area contributed by atoms with Crippen molar-refractivity contribution in [2.24, 2.45) is 0 Å². The number of carboxylic acids is 1. The van der Waals surface area contributed by atoms with Gasteiger partial charge in [0, 0.05) is 34.2 Å². The number of aromatic nitrogens is 2. The number of para-hydroxylation sites is 1. The Balaban J connectivity index is 1.52. The molecule has 0 radical (unpaired) electrons. The van der Waals surface area contributed by atoms with Crippen LogP contribution in [0.5, 0.6) is 17.2 Å². The number of carbonyl (C=O) groups is 2. The second-order valence-electron chi connectivity index (χ2n) is 10.6. The van der Waals surface area contributed by atoms with E-state index >= 15 is 0 Å². The molecular weight excluding hydrogens is 570 g/mol. The van der Waals surface area contributed by atoms with Gasteiger partial charge in [0.15, 0.2) is 17.3 Å². The van der Waals surface area contributed by atoms with E-state index in [9.17, 15) is 14.7 Å². The maximum Gasteiger partial charge on any atom is 0.337 e. The van der Waals surface area contributed by atoms with E-state index in [1.807, 2.05) is 43.3 Å². The highest BCUT2D eigenvalue weighted by Gasteiger charge is 2.41. The summed E-state index contributed by atoms with van der Waals surface area (Å²) in [5.74, 6) is 0.501. The van der Waals surface area contributed by atoms with Crippen molar-refractivity contribution in [2.75, 3.05) is 26.6 Å². The number of benzene rings is 3. The number of anilines is 1. The summed E-state index contributed by atoms with van der Waals surface area (Å²) in [7, 11) is 4.68. The molecule has 1 aliphatic heterocycles. The van der Waals surface area contributed by atoms with Crippen molar-refractivity contribution in [3.8, 4) is 22.9 Å². The van der Waals surface area contributed by atoms with Crippen LogP contribution in [-0.4, -0.2) is 48.0 Å². The number of nitrogens with zero attached hydrogens (tertiary/aromatic N) is 2. The van der Waals surface area contributed by atoms with Gasteiger partial charge >= 0.3 is 5.97 Å². The van der Waals surface area contributed by atoms with Gasteiger partial charge in [-0.2, -0.15) is 5.10 Å². The highest BCUT2D eigenvalue weighted by Crippen LogP contribution is 2.51. The first-order valence-electron chi connectivity index (χ1n) is 13.8. The number of Topliss-reactive ketones (excluding diaryl/α,β-unsaturated/α-hetero) is 1. The van der Waals surface area contributed by atoms with Crippen LogP contribution in [0.25, 0.3) is 5.69 Å². The Labute approximate surface area is 253 Å². The van der Waals surface area contributed by atoms with E-state index in [0.717, 1.165) is 22.4 Å². The summed E-state index contributed by atoms with van der Waals surface area (Å²) >= 11 is 6.24. The fourth-order valence-corrected chi connectivity index (χ4v) is 6.38. The first kappa shape index (κ1) is 28.4. The zero-order valence-corrected chi connectivity index (χ0v) is 24.9. The Hall–Kier alpha value is -4.76. The molecular formula is C33H30ClN3O6. The van der Waals surface area contributed by atoms with Crippen molar-refractivity contribution in [1.82, 2.24) is 9.78 Å². The van der Waals surface area contributed by atoms with Crippen LogP contribution in [0.2, 0.25) is 5.02 Å². The van der Waals surface area contributed by atoms with Gasteiger partial charge in [-0.1, -0.05) is 35.9 Å². The second kappa shape index (κ2) is 11.1. The minimum Gasteiger partial charge on any atom is -0.493 e. The second-order valence-corrected chi connectivity index (χ2v) is 11.0. The number of carbonyl (C=O) groups excluding carboxylic acids is 1. The molecule has 0 spiro atoms. The number of hydrogen-bond donors (Lipinski definition) is 2. The third kappa shape index (κ3) is 4.79. The van der Waals surface area contributed by atoms with Crippen LogP contribution in [0.15, 0.2) is 71.9 Å². The van der Waals surface area contributed by atoms with Crippen LogP contribution in [0.3, 0.4) is 0 Å². The molecule has 6 rings (SSSR count). The van der Waals surface area contributed by atoms with Gasteiger partial charge in [-0.3, -0.25) is 4.79 Å². The Morgan fingerprint density at radius 1 is 0.977 bits per heavy atom. The first-order chi connectivity index (χ1) is 20.7. The van der Waals surface area contributed by atoms with Gasteiger partial charge in [-0.25, -0.2) is 9.48 Å². The zero-order valence-electron chi connectivity index (χ0n) is 24.1. The lowest BCUT2D eigenvalue weighted by atomic mass is 9.72. The molecule has 10 heteroatoms. The van der Waals surface area contributed by atoms with Gasteiger partial charge < -0.3 is 24.6 Å². The maximum atomic E-state index is 14.1. The molecule has 220 valence electrons. The minimum absolute atomic E-state index is 0.0104. The Bertz CT molecular complexity index is 1770. The van der Waals surface area contributed by atoms with Crippen molar-refractivity contribution in [1.29, 1.82) is 0 Å². The third-order valence-electron chi connectivity index (χ3n) is 8.19. The fraction of sp³-hybridized carbons (Fsp3) is 0.242. The minimum atomic E-state index is -1.06. The van der Waals surface area contributed by atoms with E-state index in [1.54, 1.807) is 50.3 Å². The van der Waals surface area contributed by atoms with Crippen LogP contribution in [0.1, 0.15) is 57.4 Å².